The normalized spacial score (nSPS) is 14.4. The highest BCUT2D eigenvalue weighted by Crippen LogP contribution is 2.40. The second-order valence-corrected chi connectivity index (χ2v) is 21.9. The summed E-state index contributed by atoms with van der Waals surface area (Å²) in [4.78, 5) is 4.33. The molecule has 0 unspecified atom stereocenters. The summed E-state index contributed by atoms with van der Waals surface area (Å²) in [6.07, 6.45) is 6.67. The van der Waals surface area contributed by atoms with Crippen LogP contribution in [0.4, 0.5) is 0 Å². The third-order valence-electron chi connectivity index (χ3n) is 7.97. The van der Waals surface area contributed by atoms with E-state index in [-0.39, 0.29) is 16.2 Å². The molecule has 0 aliphatic rings. The number of hydrogen-bond donors (Lipinski definition) is 0. The summed E-state index contributed by atoms with van der Waals surface area (Å²) in [7, 11) is -4.60. The van der Waals surface area contributed by atoms with E-state index < -0.39 is 16.6 Å². The van der Waals surface area contributed by atoms with Gasteiger partial charge >= 0.3 is 0 Å². The van der Waals surface area contributed by atoms with E-state index in [2.05, 4.69) is 139 Å². The summed E-state index contributed by atoms with van der Waals surface area (Å²) < 4.78 is 14.3. The number of pyridine rings is 1. The van der Waals surface area contributed by atoms with Gasteiger partial charge in [-0.05, 0) is 64.1 Å². The molecule has 0 spiro atoms. The summed E-state index contributed by atoms with van der Waals surface area (Å²) >= 11 is 0. The lowest BCUT2D eigenvalue weighted by molar-refractivity contribution is 0.173. The third kappa shape index (κ3) is 7.00. The Morgan fingerprint density at radius 1 is 0.816 bits per heavy atom. The Balaban J connectivity index is 2.10. The van der Waals surface area contributed by atoms with Gasteiger partial charge in [-0.2, -0.15) is 0 Å². The lowest BCUT2D eigenvalue weighted by atomic mass is 10.1. The van der Waals surface area contributed by atoms with Crippen LogP contribution in [-0.2, 0) is 8.85 Å². The third-order valence-corrected chi connectivity index (χ3v) is 17.6. The van der Waals surface area contributed by atoms with Gasteiger partial charge in [-0.25, -0.2) is 0 Å². The molecule has 1 heterocycles. The van der Waals surface area contributed by atoms with Crippen LogP contribution in [0, 0.1) is 0 Å². The van der Waals surface area contributed by atoms with Crippen molar-refractivity contribution in [2.24, 2.45) is 0 Å². The van der Waals surface area contributed by atoms with Crippen molar-refractivity contribution in [2.75, 3.05) is 6.61 Å². The molecular formula is C33H47NO2Si2. The molecule has 0 radical (unpaired) electrons. The molecule has 0 saturated carbocycles. The minimum absolute atomic E-state index is 0.0914. The molecule has 3 rings (SSSR count). The van der Waals surface area contributed by atoms with Crippen LogP contribution in [0.1, 0.15) is 60.5 Å². The predicted octanol–water partition coefficient (Wildman–Crippen LogP) is 7.84. The van der Waals surface area contributed by atoms with Gasteiger partial charge in [0.2, 0.25) is 0 Å². The minimum atomic E-state index is -2.73. The molecule has 3 nitrogen and oxygen atoms in total. The number of nitrogens with zero attached hydrogens (tertiary/aromatic N) is 1. The van der Waals surface area contributed by atoms with Crippen LogP contribution < -0.4 is 10.4 Å². The molecule has 38 heavy (non-hydrogen) atoms. The lowest BCUT2D eigenvalue weighted by Gasteiger charge is -2.45. The number of benzene rings is 2. The van der Waals surface area contributed by atoms with Gasteiger partial charge in [0.15, 0.2) is 8.32 Å². The standard InChI is InChI=1S/C33H47NO2Si2/c1-27(25-28-17-16-23-34-26-28)31(22-24-35-37(8,9)32(2,3)4)36-38(33(5,6)7,29-18-12-10-13-19-29)30-20-14-11-15-21-30/h10-21,23,25-26,31H,22,24H2,1-9H3/b27-25-/t31-/m0/s1. The van der Waals surface area contributed by atoms with Gasteiger partial charge in [-0.1, -0.05) is 114 Å². The topological polar surface area (TPSA) is 31.4 Å². The molecule has 1 atom stereocenters. The molecule has 0 aliphatic carbocycles. The zero-order chi connectivity index (χ0) is 28.0. The van der Waals surface area contributed by atoms with Crippen molar-refractivity contribution in [1.82, 2.24) is 4.98 Å². The molecular weight excluding hydrogens is 499 g/mol. The van der Waals surface area contributed by atoms with E-state index in [0.717, 1.165) is 12.0 Å². The fourth-order valence-corrected chi connectivity index (χ4v) is 10.5. The molecule has 0 bridgehead atoms. The Morgan fingerprint density at radius 2 is 1.37 bits per heavy atom. The molecule has 1 aromatic heterocycles. The average molecular weight is 546 g/mol. The maximum Gasteiger partial charge on any atom is 0.261 e. The first-order valence-corrected chi connectivity index (χ1v) is 18.6. The summed E-state index contributed by atoms with van der Waals surface area (Å²) in [5, 5.41) is 2.66. The van der Waals surface area contributed by atoms with Crippen LogP contribution in [-0.4, -0.2) is 34.3 Å². The molecule has 2 aromatic carbocycles. The van der Waals surface area contributed by atoms with E-state index in [1.54, 1.807) is 0 Å². The smallest absolute Gasteiger partial charge is 0.261 e. The Hall–Kier alpha value is -2.32. The van der Waals surface area contributed by atoms with Crippen LogP contribution in [0.15, 0.2) is 90.8 Å². The van der Waals surface area contributed by atoms with Gasteiger partial charge in [0.25, 0.3) is 8.32 Å². The van der Waals surface area contributed by atoms with Crippen LogP contribution >= 0.6 is 0 Å². The first-order chi connectivity index (χ1) is 17.8. The van der Waals surface area contributed by atoms with Crippen LogP contribution in [0.2, 0.25) is 23.2 Å². The molecule has 0 amide bonds. The maximum atomic E-state index is 7.59. The summed E-state index contributed by atoms with van der Waals surface area (Å²) in [5.74, 6) is 0. The van der Waals surface area contributed by atoms with Crippen molar-refractivity contribution in [1.29, 1.82) is 0 Å². The van der Waals surface area contributed by atoms with Crippen molar-refractivity contribution in [3.8, 4) is 0 Å². The van der Waals surface area contributed by atoms with Crippen molar-refractivity contribution >= 4 is 33.1 Å². The molecule has 3 aromatic rings. The fraction of sp³-hybridized carbons (Fsp3) is 0.424. The first kappa shape index (κ1) is 30.2. The van der Waals surface area contributed by atoms with Gasteiger partial charge in [0.05, 0.1) is 6.10 Å². The van der Waals surface area contributed by atoms with Crippen molar-refractivity contribution < 1.29 is 8.85 Å². The largest absolute Gasteiger partial charge is 0.417 e. The number of rotatable bonds is 10. The fourth-order valence-electron chi connectivity index (χ4n) is 4.74. The lowest BCUT2D eigenvalue weighted by Crippen LogP contribution is -2.67. The van der Waals surface area contributed by atoms with Gasteiger partial charge < -0.3 is 8.85 Å². The van der Waals surface area contributed by atoms with E-state index in [9.17, 15) is 0 Å². The van der Waals surface area contributed by atoms with Crippen molar-refractivity contribution in [3.05, 3.63) is 96.3 Å². The zero-order valence-electron chi connectivity index (χ0n) is 24.9. The van der Waals surface area contributed by atoms with Crippen LogP contribution in [0.3, 0.4) is 0 Å². The van der Waals surface area contributed by atoms with Gasteiger partial charge in [0.1, 0.15) is 0 Å². The maximum absolute atomic E-state index is 7.59. The van der Waals surface area contributed by atoms with Crippen molar-refractivity contribution in [2.45, 2.75) is 84.2 Å². The van der Waals surface area contributed by atoms with E-state index in [1.807, 2.05) is 18.5 Å². The number of aromatic nitrogens is 1. The monoisotopic (exact) mass is 545 g/mol. The van der Waals surface area contributed by atoms with Gasteiger partial charge in [-0.15, -0.1) is 0 Å². The zero-order valence-corrected chi connectivity index (χ0v) is 26.9. The van der Waals surface area contributed by atoms with E-state index >= 15 is 0 Å². The van der Waals surface area contributed by atoms with Crippen molar-refractivity contribution in [3.63, 3.8) is 0 Å². The first-order valence-electron chi connectivity index (χ1n) is 13.8. The van der Waals surface area contributed by atoms with E-state index in [4.69, 9.17) is 8.85 Å². The summed E-state index contributed by atoms with van der Waals surface area (Å²) in [6, 6.07) is 25.9. The second kappa shape index (κ2) is 12.2. The Labute approximate surface area is 233 Å². The van der Waals surface area contributed by atoms with E-state index in [1.165, 1.54) is 15.9 Å². The quantitative estimate of drug-likeness (QED) is 0.243. The number of hydrogen-bond acceptors (Lipinski definition) is 3. The highest BCUT2D eigenvalue weighted by molar-refractivity contribution is 6.99. The van der Waals surface area contributed by atoms with Gasteiger partial charge in [0, 0.05) is 19.0 Å². The highest BCUT2D eigenvalue weighted by Gasteiger charge is 2.51. The minimum Gasteiger partial charge on any atom is -0.417 e. The highest BCUT2D eigenvalue weighted by atomic mass is 28.4. The summed E-state index contributed by atoms with van der Waals surface area (Å²) in [5.41, 5.74) is 2.29. The molecule has 0 saturated heterocycles. The summed E-state index contributed by atoms with van der Waals surface area (Å²) in [6.45, 7) is 21.4. The average Bonchev–Trinajstić information content (AvgIpc) is 2.86. The van der Waals surface area contributed by atoms with Gasteiger partial charge in [-0.3, -0.25) is 4.98 Å². The molecule has 0 N–H and O–H groups in total. The Kier molecular flexibility index (Phi) is 9.74. The van der Waals surface area contributed by atoms with Crippen LogP contribution in [0.5, 0.6) is 0 Å². The van der Waals surface area contributed by atoms with E-state index in [0.29, 0.717) is 6.61 Å². The predicted molar refractivity (Wildman–Crippen MR) is 168 cm³/mol. The van der Waals surface area contributed by atoms with Crippen LogP contribution in [0.25, 0.3) is 6.08 Å². The second-order valence-electron chi connectivity index (χ2n) is 12.8. The molecule has 5 heteroatoms. The SMILES string of the molecule is C/C(=C/c1cccnc1)[C@H](CCO[Si](C)(C)C(C)(C)C)O[Si](c1ccccc1)(c1ccccc1)C(C)(C)C. The molecule has 0 aliphatic heterocycles. The Bertz CT molecular complexity index is 1120. The molecule has 0 fully saturated rings. The molecule has 204 valence electrons. The Morgan fingerprint density at radius 3 is 1.82 bits per heavy atom.